The van der Waals surface area contributed by atoms with Gasteiger partial charge in [0.05, 0.1) is 6.61 Å². The highest BCUT2D eigenvalue weighted by Crippen LogP contribution is 2.19. The number of aliphatic hydroxyl groups excluding tert-OH is 1. The van der Waals surface area contributed by atoms with Crippen molar-refractivity contribution >= 4 is 17.6 Å². The lowest BCUT2D eigenvalue weighted by atomic mass is 10.0. The molecule has 104 valence electrons. The van der Waals surface area contributed by atoms with Gasteiger partial charge in [-0.3, -0.25) is 4.79 Å². The van der Waals surface area contributed by atoms with Crippen molar-refractivity contribution in [1.29, 1.82) is 0 Å². The smallest absolute Gasteiger partial charge is 0.331 e. The van der Waals surface area contributed by atoms with Gasteiger partial charge >= 0.3 is 5.97 Å². The van der Waals surface area contributed by atoms with E-state index in [1.54, 1.807) is 31.2 Å². The van der Waals surface area contributed by atoms with Crippen molar-refractivity contribution in [3.8, 4) is 0 Å². The van der Waals surface area contributed by atoms with E-state index < -0.39 is 24.0 Å². The summed E-state index contributed by atoms with van der Waals surface area (Å²) in [5.41, 5.74) is 6.57. The van der Waals surface area contributed by atoms with E-state index in [2.05, 4.69) is 5.32 Å². The summed E-state index contributed by atoms with van der Waals surface area (Å²) in [6, 6.07) is 5.26. The minimum absolute atomic E-state index is 0.170. The molecule has 0 saturated carbocycles. The molecule has 19 heavy (non-hydrogen) atoms. The normalized spacial score (nSPS) is 13.4. The highest BCUT2D eigenvalue weighted by Gasteiger charge is 2.30. The number of ether oxygens (including phenoxy) is 1. The maximum Gasteiger partial charge on any atom is 0.331 e. The van der Waals surface area contributed by atoms with E-state index in [0.29, 0.717) is 11.3 Å². The minimum atomic E-state index is -1.19. The second-order valence-electron chi connectivity index (χ2n) is 4.04. The summed E-state index contributed by atoms with van der Waals surface area (Å²) in [6.07, 6.45) is -1.19. The van der Waals surface area contributed by atoms with E-state index in [-0.39, 0.29) is 6.61 Å². The molecule has 2 atom stereocenters. The molecule has 1 aromatic carbocycles. The SMILES string of the molecule is CCOC(=O)[C@@H](NC(C)=O)[C@H](O)c1ccc(N)cc1. The molecule has 0 aliphatic heterocycles. The summed E-state index contributed by atoms with van der Waals surface area (Å²) in [7, 11) is 0. The summed E-state index contributed by atoms with van der Waals surface area (Å²) in [5, 5.41) is 12.5. The molecule has 0 unspecified atom stereocenters. The fourth-order valence-electron chi connectivity index (χ4n) is 1.60. The van der Waals surface area contributed by atoms with Crippen molar-refractivity contribution in [2.24, 2.45) is 0 Å². The third-order valence-corrected chi connectivity index (χ3v) is 2.49. The fourth-order valence-corrected chi connectivity index (χ4v) is 1.60. The third-order valence-electron chi connectivity index (χ3n) is 2.49. The Bertz CT molecular complexity index is 444. The molecule has 0 aromatic heterocycles. The third kappa shape index (κ3) is 4.26. The molecule has 4 N–H and O–H groups in total. The number of carbonyl (C=O) groups excluding carboxylic acids is 2. The predicted molar refractivity (Wildman–Crippen MR) is 70.1 cm³/mol. The highest BCUT2D eigenvalue weighted by atomic mass is 16.5. The monoisotopic (exact) mass is 266 g/mol. The van der Waals surface area contributed by atoms with Crippen LogP contribution in [0, 0.1) is 0 Å². The number of hydrogen-bond acceptors (Lipinski definition) is 5. The average Bonchev–Trinajstić information content (AvgIpc) is 2.36. The molecule has 1 amide bonds. The predicted octanol–water partition coefficient (Wildman–Crippen LogP) is 0.370. The Balaban J connectivity index is 2.92. The van der Waals surface area contributed by atoms with Crippen molar-refractivity contribution in [3.63, 3.8) is 0 Å². The van der Waals surface area contributed by atoms with Crippen LogP contribution in [0.15, 0.2) is 24.3 Å². The average molecular weight is 266 g/mol. The topological polar surface area (TPSA) is 102 Å². The van der Waals surface area contributed by atoms with Crippen LogP contribution in [-0.4, -0.2) is 29.6 Å². The lowest BCUT2D eigenvalue weighted by Crippen LogP contribution is -2.45. The van der Waals surface area contributed by atoms with Gasteiger partial charge in [-0.05, 0) is 24.6 Å². The number of nitrogens with two attached hydrogens (primary N) is 1. The molecule has 0 bridgehead atoms. The van der Waals surface area contributed by atoms with Gasteiger partial charge in [-0.25, -0.2) is 4.79 Å². The van der Waals surface area contributed by atoms with E-state index >= 15 is 0 Å². The lowest BCUT2D eigenvalue weighted by molar-refractivity contribution is -0.150. The van der Waals surface area contributed by atoms with E-state index in [4.69, 9.17) is 10.5 Å². The van der Waals surface area contributed by atoms with Crippen LogP contribution in [0.25, 0.3) is 0 Å². The summed E-state index contributed by atoms with van der Waals surface area (Å²) in [4.78, 5) is 22.8. The van der Waals surface area contributed by atoms with Gasteiger partial charge < -0.3 is 20.9 Å². The zero-order chi connectivity index (χ0) is 14.4. The Morgan fingerprint density at radius 1 is 1.37 bits per heavy atom. The van der Waals surface area contributed by atoms with E-state index in [0.717, 1.165) is 0 Å². The summed E-state index contributed by atoms with van der Waals surface area (Å²) >= 11 is 0. The molecule has 6 heteroatoms. The Kier molecular flexibility index (Phi) is 5.32. The molecule has 0 aliphatic rings. The molecule has 0 fully saturated rings. The standard InChI is InChI=1S/C13H18N2O4/c1-3-19-13(18)11(15-8(2)16)12(17)9-4-6-10(14)7-5-9/h4-7,11-12,17H,3,14H2,1-2H3,(H,15,16)/t11-,12+/m0/s1. The Morgan fingerprint density at radius 3 is 2.42 bits per heavy atom. The van der Waals surface area contributed by atoms with E-state index in [9.17, 15) is 14.7 Å². The Labute approximate surface area is 111 Å². The second kappa shape index (κ2) is 6.75. The first-order chi connectivity index (χ1) is 8.95. The van der Waals surface area contributed by atoms with Crippen LogP contribution in [-0.2, 0) is 14.3 Å². The number of nitrogens with one attached hydrogen (secondary N) is 1. The van der Waals surface area contributed by atoms with Gasteiger partial charge in [0.15, 0.2) is 6.04 Å². The van der Waals surface area contributed by atoms with Crippen molar-refractivity contribution < 1.29 is 19.4 Å². The van der Waals surface area contributed by atoms with Crippen molar-refractivity contribution in [2.45, 2.75) is 26.0 Å². The van der Waals surface area contributed by atoms with Crippen molar-refractivity contribution in [2.75, 3.05) is 12.3 Å². The van der Waals surface area contributed by atoms with Crippen molar-refractivity contribution in [1.82, 2.24) is 5.32 Å². The summed E-state index contributed by atoms with van der Waals surface area (Å²) in [6.45, 7) is 3.09. The fraction of sp³-hybridized carbons (Fsp3) is 0.385. The van der Waals surface area contributed by atoms with Gasteiger partial charge in [0.1, 0.15) is 6.10 Å². The number of nitrogen functional groups attached to an aromatic ring is 1. The van der Waals surface area contributed by atoms with Gasteiger partial charge in [0.25, 0.3) is 0 Å². The molecular formula is C13H18N2O4. The van der Waals surface area contributed by atoms with E-state index in [1.165, 1.54) is 6.92 Å². The number of benzene rings is 1. The number of hydrogen-bond donors (Lipinski definition) is 3. The highest BCUT2D eigenvalue weighted by molar-refractivity contribution is 5.84. The van der Waals surface area contributed by atoms with Crippen molar-refractivity contribution in [3.05, 3.63) is 29.8 Å². The second-order valence-corrected chi connectivity index (χ2v) is 4.04. The number of rotatable bonds is 5. The largest absolute Gasteiger partial charge is 0.464 e. The molecule has 1 rings (SSSR count). The molecule has 0 heterocycles. The van der Waals surface area contributed by atoms with Crippen LogP contribution in [0.4, 0.5) is 5.69 Å². The molecular weight excluding hydrogens is 248 g/mol. The van der Waals surface area contributed by atoms with Crippen LogP contribution >= 0.6 is 0 Å². The molecule has 0 aliphatic carbocycles. The number of amides is 1. The zero-order valence-corrected chi connectivity index (χ0v) is 10.9. The maximum atomic E-state index is 11.7. The molecule has 0 spiro atoms. The zero-order valence-electron chi connectivity index (χ0n) is 10.9. The first-order valence-electron chi connectivity index (χ1n) is 5.93. The van der Waals surface area contributed by atoms with Gasteiger partial charge in [-0.2, -0.15) is 0 Å². The summed E-state index contributed by atoms with van der Waals surface area (Å²) in [5.74, 6) is -1.10. The maximum absolute atomic E-state index is 11.7. The Morgan fingerprint density at radius 2 is 1.95 bits per heavy atom. The number of aliphatic hydroxyl groups is 1. The van der Waals surface area contributed by atoms with Crippen LogP contribution in [0.2, 0.25) is 0 Å². The van der Waals surface area contributed by atoms with Gasteiger partial charge in [-0.15, -0.1) is 0 Å². The quantitative estimate of drug-likeness (QED) is 0.528. The van der Waals surface area contributed by atoms with Crippen LogP contribution in [0.5, 0.6) is 0 Å². The van der Waals surface area contributed by atoms with Crippen LogP contribution in [0.3, 0.4) is 0 Å². The molecule has 1 aromatic rings. The van der Waals surface area contributed by atoms with Gasteiger partial charge in [-0.1, -0.05) is 12.1 Å². The first kappa shape index (κ1) is 15.0. The molecule has 6 nitrogen and oxygen atoms in total. The molecule has 0 saturated heterocycles. The van der Waals surface area contributed by atoms with Gasteiger partial charge in [0.2, 0.25) is 5.91 Å². The number of carbonyl (C=O) groups is 2. The Hall–Kier alpha value is -2.08. The number of esters is 1. The minimum Gasteiger partial charge on any atom is -0.464 e. The van der Waals surface area contributed by atoms with Crippen LogP contribution in [0.1, 0.15) is 25.5 Å². The summed E-state index contributed by atoms with van der Waals surface area (Å²) < 4.78 is 4.83. The van der Waals surface area contributed by atoms with E-state index in [1.807, 2.05) is 0 Å². The molecule has 0 radical (unpaired) electrons. The first-order valence-corrected chi connectivity index (χ1v) is 5.93. The van der Waals surface area contributed by atoms with Crippen LogP contribution < -0.4 is 11.1 Å². The van der Waals surface area contributed by atoms with Gasteiger partial charge in [0, 0.05) is 12.6 Å². The number of anilines is 1. The lowest BCUT2D eigenvalue weighted by Gasteiger charge is -2.22.